The zero-order chi connectivity index (χ0) is 10.1. The summed E-state index contributed by atoms with van der Waals surface area (Å²) in [6.07, 6.45) is -0.701. The van der Waals surface area contributed by atoms with E-state index in [9.17, 15) is 4.79 Å². The molecule has 74 valence electrons. The van der Waals surface area contributed by atoms with Gasteiger partial charge in [-0.25, -0.2) is 4.79 Å². The molecule has 4 heteroatoms. The van der Waals surface area contributed by atoms with E-state index < -0.39 is 6.10 Å². The highest BCUT2D eigenvalue weighted by atomic mass is 16.6. The zero-order valence-electron chi connectivity index (χ0n) is 7.64. The fourth-order valence-electron chi connectivity index (χ4n) is 1.33. The molecule has 14 heavy (non-hydrogen) atoms. The first-order valence-electron chi connectivity index (χ1n) is 4.24. The molecule has 1 fully saturated rings. The molecule has 1 aliphatic heterocycles. The maximum atomic E-state index is 11.0. The molecule has 0 bridgehead atoms. The number of phenolic OH excluding ortho intramolecular Hbond substituents is 1. The summed E-state index contributed by atoms with van der Waals surface area (Å²) in [5.41, 5.74) is 0.873. The van der Waals surface area contributed by atoms with Gasteiger partial charge in [0.25, 0.3) is 0 Å². The maximum Gasteiger partial charge on any atom is 0.338 e. The number of esters is 1. The van der Waals surface area contributed by atoms with Gasteiger partial charge in [0.05, 0.1) is 7.11 Å². The number of aromatic hydroxyl groups is 1. The van der Waals surface area contributed by atoms with Crippen molar-refractivity contribution in [2.75, 3.05) is 7.11 Å². The number of benzene rings is 1. The predicted octanol–water partition coefficient (Wildman–Crippen LogP) is 1.01. The Hall–Kier alpha value is -1.55. The summed E-state index contributed by atoms with van der Waals surface area (Å²) < 4.78 is 9.68. The van der Waals surface area contributed by atoms with Crippen molar-refractivity contribution in [1.82, 2.24) is 0 Å². The smallest absolute Gasteiger partial charge is 0.338 e. The molecule has 1 aromatic carbocycles. The standard InChI is InChI=1S/C10H10O4/c1-13-10(12)9-8(14-9)6-2-4-7(11)5-3-6/h2-5,8-9,11H,1H3. The quantitative estimate of drug-likeness (QED) is 0.563. The van der Waals surface area contributed by atoms with Crippen molar-refractivity contribution in [3.8, 4) is 5.75 Å². The van der Waals surface area contributed by atoms with Gasteiger partial charge in [-0.3, -0.25) is 0 Å². The van der Waals surface area contributed by atoms with Gasteiger partial charge in [0.15, 0.2) is 6.10 Å². The van der Waals surface area contributed by atoms with E-state index in [0.717, 1.165) is 5.56 Å². The molecule has 1 aliphatic rings. The second kappa shape index (κ2) is 3.31. The minimum Gasteiger partial charge on any atom is -0.508 e. The highest BCUT2D eigenvalue weighted by Gasteiger charge is 2.47. The van der Waals surface area contributed by atoms with Gasteiger partial charge in [0, 0.05) is 0 Å². The van der Waals surface area contributed by atoms with Gasteiger partial charge < -0.3 is 14.6 Å². The van der Waals surface area contributed by atoms with Crippen LogP contribution >= 0.6 is 0 Å². The number of carbonyl (C=O) groups is 1. The summed E-state index contributed by atoms with van der Waals surface area (Å²) in [4.78, 5) is 11.0. The van der Waals surface area contributed by atoms with Gasteiger partial charge in [-0.2, -0.15) is 0 Å². The monoisotopic (exact) mass is 194 g/mol. The van der Waals surface area contributed by atoms with Gasteiger partial charge in [-0.15, -0.1) is 0 Å². The molecule has 0 aliphatic carbocycles. The number of hydrogen-bond donors (Lipinski definition) is 1. The minimum absolute atomic E-state index is 0.198. The Morgan fingerprint density at radius 2 is 2.07 bits per heavy atom. The third kappa shape index (κ3) is 1.56. The topological polar surface area (TPSA) is 59.1 Å². The fraction of sp³-hybridized carbons (Fsp3) is 0.300. The predicted molar refractivity (Wildman–Crippen MR) is 47.7 cm³/mol. The Balaban J connectivity index is 2.06. The van der Waals surface area contributed by atoms with E-state index in [1.165, 1.54) is 7.11 Å². The van der Waals surface area contributed by atoms with Crippen molar-refractivity contribution in [3.63, 3.8) is 0 Å². The van der Waals surface area contributed by atoms with E-state index in [2.05, 4.69) is 4.74 Å². The van der Waals surface area contributed by atoms with Crippen LogP contribution in [0.3, 0.4) is 0 Å². The van der Waals surface area contributed by atoms with Crippen LogP contribution in [-0.2, 0) is 14.3 Å². The van der Waals surface area contributed by atoms with Gasteiger partial charge in [-0.05, 0) is 17.7 Å². The maximum absolute atomic E-state index is 11.0. The number of rotatable bonds is 2. The third-order valence-electron chi connectivity index (χ3n) is 2.15. The van der Waals surface area contributed by atoms with E-state index in [0.29, 0.717) is 0 Å². The summed E-state index contributed by atoms with van der Waals surface area (Å²) in [6.45, 7) is 0. The van der Waals surface area contributed by atoms with Gasteiger partial charge in [0.1, 0.15) is 11.9 Å². The van der Waals surface area contributed by atoms with E-state index in [-0.39, 0.29) is 17.8 Å². The first-order valence-corrected chi connectivity index (χ1v) is 4.24. The van der Waals surface area contributed by atoms with Crippen LogP contribution in [0.25, 0.3) is 0 Å². The number of carbonyl (C=O) groups excluding carboxylic acids is 1. The minimum atomic E-state index is -0.482. The zero-order valence-corrected chi connectivity index (χ0v) is 7.64. The van der Waals surface area contributed by atoms with Gasteiger partial charge in [0.2, 0.25) is 0 Å². The Labute approximate surface area is 81.1 Å². The van der Waals surface area contributed by atoms with E-state index >= 15 is 0 Å². The number of epoxide rings is 1. The highest BCUT2D eigenvalue weighted by Crippen LogP contribution is 2.39. The second-order valence-corrected chi connectivity index (χ2v) is 3.09. The third-order valence-corrected chi connectivity index (χ3v) is 2.15. The molecule has 0 saturated carbocycles. The summed E-state index contributed by atoms with van der Waals surface area (Å²) in [6, 6.07) is 6.57. The van der Waals surface area contributed by atoms with Crippen LogP contribution in [0.4, 0.5) is 0 Å². The van der Waals surface area contributed by atoms with Crippen LogP contribution in [0, 0.1) is 0 Å². The Bertz CT molecular complexity index is 344. The average molecular weight is 194 g/mol. The number of ether oxygens (including phenoxy) is 2. The SMILES string of the molecule is COC(=O)C1OC1c1ccc(O)cc1. The summed E-state index contributed by atoms with van der Waals surface area (Å²) in [7, 11) is 1.33. The van der Waals surface area contributed by atoms with Gasteiger partial charge >= 0.3 is 5.97 Å². The van der Waals surface area contributed by atoms with Crippen LogP contribution in [0.15, 0.2) is 24.3 Å². The molecule has 0 aromatic heterocycles. The Morgan fingerprint density at radius 1 is 1.43 bits per heavy atom. The number of methoxy groups -OCH3 is 1. The van der Waals surface area contributed by atoms with Crippen LogP contribution < -0.4 is 0 Å². The van der Waals surface area contributed by atoms with Crippen LogP contribution in [0.5, 0.6) is 5.75 Å². The van der Waals surface area contributed by atoms with Gasteiger partial charge in [-0.1, -0.05) is 12.1 Å². The largest absolute Gasteiger partial charge is 0.508 e. The van der Waals surface area contributed by atoms with Crippen LogP contribution in [0.2, 0.25) is 0 Å². The summed E-state index contributed by atoms with van der Waals surface area (Å²) in [5, 5.41) is 9.05. The van der Waals surface area contributed by atoms with E-state index in [4.69, 9.17) is 9.84 Å². The molecular weight excluding hydrogens is 184 g/mol. The molecule has 0 radical (unpaired) electrons. The molecule has 1 heterocycles. The molecular formula is C10H10O4. The Morgan fingerprint density at radius 3 is 2.64 bits per heavy atom. The molecule has 0 amide bonds. The molecule has 2 unspecified atom stereocenters. The highest BCUT2D eigenvalue weighted by molar-refractivity contribution is 5.78. The van der Waals surface area contributed by atoms with E-state index in [1.807, 2.05) is 0 Å². The fourth-order valence-corrected chi connectivity index (χ4v) is 1.33. The van der Waals surface area contributed by atoms with Crippen molar-refractivity contribution in [3.05, 3.63) is 29.8 Å². The van der Waals surface area contributed by atoms with Crippen molar-refractivity contribution >= 4 is 5.97 Å². The van der Waals surface area contributed by atoms with E-state index in [1.54, 1.807) is 24.3 Å². The van der Waals surface area contributed by atoms with Crippen LogP contribution in [-0.4, -0.2) is 24.3 Å². The van der Waals surface area contributed by atoms with Crippen molar-refractivity contribution in [1.29, 1.82) is 0 Å². The first-order chi connectivity index (χ1) is 6.72. The normalized spacial score (nSPS) is 24.4. The lowest BCUT2D eigenvalue weighted by Gasteiger charge is -1.96. The molecule has 1 N–H and O–H groups in total. The molecule has 2 rings (SSSR count). The molecule has 1 saturated heterocycles. The molecule has 2 atom stereocenters. The average Bonchev–Trinajstić information content (AvgIpc) is 2.98. The Kier molecular flexibility index (Phi) is 2.13. The lowest BCUT2D eigenvalue weighted by Crippen LogP contribution is -2.09. The number of hydrogen-bond acceptors (Lipinski definition) is 4. The van der Waals surface area contributed by atoms with Crippen LogP contribution in [0.1, 0.15) is 11.7 Å². The second-order valence-electron chi connectivity index (χ2n) is 3.09. The lowest BCUT2D eigenvalue weighted by atomic mass is 10.1. The summed E-state index contributed by atoms with van der Waals surface area (Å²) in [5.74, 6) is -0.160. The van der Waals surface area contributed by atoms with Crippen molar-refractivity contribution < 1.29 is 19.4 Å². The molecule has 1 aromatic rings. The lowest BCUT2D eigenvalue weighted by molar-refractivity contribution is -0.142. The number of phenols is 1. The van der Waals surface area contributed by atoms with Crippen molar-refractivity contribution in [2.45, 2.75) is 12.2 Å². The summed E-state index contributed by atoms with van der Waals surface area (Å²) >= 11 is 0. The first kappa shape index (κ1) is 9.02. The molecule has 0 spiro atoms. The van der Waals surface area contributed by atoms with Crippen molar-refractivity contribution in [2.24, 2.45) is 0 Å². The molecule has 4 nitrogen and oxygen atoms in total.